The molecule has 1 atom stereocenters. The summed E-state index contributed by atoms with van der Waals surface area (Å²) in [5.74, 6) is 2.44. The topological polar surface area (TPSA) is 44.4 Å². The maximum Gasteiger partial charge on any atom is 0.246 e. The Morgan fingerprint density at radius 2 is 2.29 bits per heavy atom. The fourth-order valence-corrected chi connectivity index (χ4v) is 4.41. The van der Waals surface area contributed by atoms with E-state index in [1.807, 2.05) is 18.7 Å². The van der Waals surface area contributed by atoms with Gasteiger partial charge in [-0.15, -0.1) is 0 Å². The van der Waals surface area contributed by atoms with Gasteiger partial charge in [-0.1, -0.05) is 6.92 Å². The average Bonchev–Trinajstić information content (AvgIpc) is 2.68. The number of amides is 1. The lowest BCUT2D eigenvalue weighted by molar-refractivity contribution is -0.117. The van der Waals surface area contributed by atoms with E-state index < -0.39 is 0 Å². The van der Waals surface area contributed by atoms with Crippen LogP contribution >= 0.6 is 27.7 Å². The van der Waals surface area contributed by atoms with E-state index >= 15 is 0 Å². The summed E-state index contributed by atoms with van der Waals surface area (Å²) in [5, 5.41) is 6.24. The van der Waals surface area contributed by atoms with Gasteiger partial charge >= 0.3 is 0 Å². The number of hydrogen-bond donors (Lipinski definition) is 2. The van der Waals surface area contributed by atoms with Gasteiger partial charge in [-0.2, -0.15) is 11.8 Å². The van der Waals surface area contributed by atoms with Crippen LogP contribution in [-0.2, 0) is 4.79 Å². The highest BCUT2D eigenvalue weighted by atomic mass is 79.9. The lowest BCUT2D eigenvalue weighted by Crippen LogP contribution is -2.27. The van der Waals surface area contributed by atoms with E-state index in [1.165, 1.54) is 17.9 Å². The molecule has 1 unspecified atom stereocenters. The van der Waals surface area contributed by atoms with Gasteiger partial charge in [0, 0.05) is 34.6 Å². The van der Waals surface area contributed by atoms with Gasteiger partial charge in [0.25, 0.3) is 0 Å². The normalized spacial score (nSPS) is 21.9. The summed E-state index contributed by atoms with van der Waals surface area (Å²) in [6.45, 7) is 4.94. The Morgan fingerprint density at radius 3 is 3.10 bits per heavy atom. The first kappa shape index (κ1) is 15.2. The van der Waals surface area contributed by atoms with Gasteiger partial charge < -0.3 is 15.5 Å². The molecule has 3 rings (SSSR count). The van der Waals surface area contributed by atoms with Crippen LogP contribution in [0.5, 0.6) is 0 Å². The molecule has 1 amide bonds. The van der Waals surface area contributed by atoms with Crippen LogP contribution in [0.2, 0.25) is 0 Å². The summed E-state index contributed by atoms with van der Waals surface area (Å²) < 4.78 is 1.08. The van der Waals surface area contributed by atoms with E-state index in [4.69, 9.17) is 0 Å². The monoisotopic (exact) mass is 369 g/mol. The molecule has 0 radical (unpaired) electrons. The third-order valence-corrected chi connectivity index (χ3v) is 5.60. The number of halogens is 1. The zero-order valence-electron chi connectivity index (χ0n) is 12.1. The molecule has 1 fully saturated rings. The van der Waals surface area contributed by atoms with Gasteiger partial charge in [0.15, 0.2) is 0 Å². The average molecular weight is 370 g/mol. The second kappa shape index (κ2) is 6.58. The van der Waals surface area contributed by atoms with Crippen LogP contribution in [0.3, 0.4) is 0 Å². The van der Waals surface area contributed by atoms with Crippen molar-refractivity contribution in [1.29, 1.82) is 0 Å². The van der Waals surface area contributed by atoms with Crippen molar-refractivity contribution >= 4 is 45.0 Å². The van der Waals surface area contributed by atoms with E-state index in [-0.39, 0.29) is 11.9 Å². The predicted octanol–water partition coefficient (Wildman–Crippen LogP) is 3.00. The quantitative estimate of drug-likeness (QED) is 0.859. The van der Waals surface area contributed by atoms with Crippen LogP contribution in [0.1, 0.15) is 24.9 Å². The number of nitrogens with zero attached hydrogens (tertiary/aromatic N) is 1. The van der Waals surface area contributed by atoms with Gasteiger partial charge in [0.2, 0.25) is 5.91 Å². The first-order valence-electron chi connectivity index (χ1n) is 7.41. The summed E-state index contributed by atoms with van der Waals surface area (Å²) >= 11 is 5.71. The maximum atomic E-state index is 12.1. The summed E-state index contributed by atoms with van der Waals surface area (Å²) in [6, 6.07) is 3.98. The standard InChI is InChI=1S/C15H20BrN3OS/c1-2-17-14-10-8-11(16)13(9-12(10)18-15(14)20)19-4-3-6-21-7-5-19/h8-9,14,17H,2-7H2,1H3,(H,18,20). The smallest absolute Gasteiger partial charge is 0.246 e. The minimum Gasteiger partial charge on any atom is -0.370 e. The molecule has 0 saturated carbocycles. The number of thioether (sulfide) groups is 1. The minimum atomic E-state index is -0.227. The second-order valence-corrected chi connectivity index (χ2v) is 7.40. The van der Waals surface area contributed by atoms with Crippen molar-refractivity contribution in [3.63, 3.8) is 0 Å². The van der Waals surface area contributed by atoms with Crippen molar-refractivity contribution in [2.24, 2.45) is 0 Å². The fourth-order valence-electron chi connectivity index (χ4n) is 2.91. The number of anilines is 2. The summed E-state index contributed by atoms with van der Waals surface area (Å²) in [7, 11) is 0. The molecule has 0 bridgehead atoms. The molecule has 21 heavy (non-hydrogen) atoms. The lowest BCUT2D eigenvalue weighted by atomic mass is 10.1. The molecular weight excluding hydrogens is 350 g/mol. The third-order valence-electron chi connectivity index (χ3n) is 3.92. The Kier molecular flexibility index (Phi) is 4.76. The molecule has 6 heteroatoms. The van der Waals surface area contributed by atoms with E-state index in [0.29, 0.717) is 0 Å². The van der Waals surface area contributed by atoms with E-state index in [2.05, 4.69) is 43.6 Å². The van der Waals surface area contributed by atoms with E-state index in [0.717, 1.165) is 41.1 Å². The fraction of sp³-hybridized carbons (Fsp3) is 0.533. The molecule has 0 spiro atoms. The molecule has 2 aliphatic rings. The first-order chi connectivity index (χ1) is 10.2. The van der Waals surface area contributed by atoms with Crippen LogP contribution in [0.25, 0.3) is 0 Å². The number of hydrogen-bond acceptors (Lipinski definition) is 4. The van der Waals surface area contributed by atoms with Gasteiger partial charge in [0.1, 0.15) is 6.04 Å². The van der Waals surface area contributed by atoms with Crippen molar-refractivity contribution in [3.05, 3.63) is 22.2 Å². The molecule has 0 aromatic heterocycles. The van der Waals surface area contributed by atoms with Crippen LogP contribution in [0.15, 0.2) is 16.6 Å². The van der Waals surface area contributed by atoms with Crippen LogP contribution in [0.4, 0.5) is 11.4 Å². The Balaban J connectivity index is 1.91. The van der Waals surface area contributed by atoms with E-state index in [9.17, 15) is 4.79 Å². The van der Waals surface area contributed by atoms with Gasteiger partial charge in [-0.05, 0) is 46.8 Å². The van der Waals surface area contributed by atoms with Gasteiger partial charge in [-0.25, -0.2) is 0 Å². The van der Waals surface area contributed by atoms with E-state index in [1.54, 1.807) is 0 Å². The van der Waals surface area contributed by atoms with Crippen molar-refractivity contribution in [3.8, 4) is 0 Å². The van der Waals surface area contributed by atoms with Gasteiger partial charge in [0.05, 0.1) is 5.69 Å². The molecule has 1 saturated heterocycles. The van der Waals surface area contributed by atoms with Crippen molar-refractivity contribution in [2.75, 3.05) is 41.4 Å². The molecule has 2 aliphatic heterocycles. The van der Waals surface area contributed by atoms with Crippen molar-refractivity contribution in [1.82, 2.24) is 5.32 Å². The molecule has 114 valence electrons. The first-order valence-corrected chi connectivity index (χ1v) is 9.36. The van der Waals surface area contributed by atoms with Crippen molar-refractivity contribution in [2.45, 2.75) is 19.4 Å². The molecule has 1 aromatic carbocycles. The number of nitrogens with one attached hydrogen (secondary N) is 2. The SMILES string of the molecule is CCNC1C(=O)Nc2cc(N3CCCSCC3)c(Br)cc21. The highest BCUT2D eigenvalue weighted by molar-refractivity contribution is 9.10. The van der Waals surface area contributed by atoms with Crippen LogP contribution in [-0.4, -0.2) is 37.0 Å². The van der Waals surface area contributed by atoms with Crippen LogP contribution in [0, 0.1) is 0 Å². The largest absolute Gasteiger partial charge is 0.370 e. The second-order valence-electron chi connectivity index (χ2n) is 5.32. The number of likely N-dealkylation sites (N-methyl/N-ethyl adjacent to an activating group) is 1. The highest BCUT2D eigenvalue weighted by Gasteiger charge is 2.31. The summed E-state index contributed by atoms with van der Waals surface area (Å²) in [4.78, 5) is 14.5. The maximum absolute atomic E-state index is 12.1. The minimum absolute atomic E-state index is 0.0438. The third kappa shape index (κ3) is 3.07. The Hall–Kier alpha value is -0.720. The molecule has 2 heterocycles. The molecule has 1 aromatic rings. The predicted molar refractivity (Wildman–Crippen MR) is 93.3 cm³/mol. The Bertz CT molecular complexity index is 544. The zero-order chi connectivity index (χ0) is 14.8. The summed E-state index contributed by atoms with van der Waals surface area (Å²) in [5.41, 5.74) is 3.18. The number of benzene rings is 1. The summed E-state index contributed by atoms with van der Waals surface area (Å²) in [6.07, 6.45) is 1.21. The number of carbonyl (C=O) groups is 1. The molecule has 4 nitrogen and oxygen atoms in total. The Morgan fingerprint density at radius 1 is 1.43 bits per heavy atom. The number of carbonyl (C=O) groups excluding carboxylic acids is 1. The highest BCUT2D eigenvalue weighted by Crippen LogP contribution is 2.39. The Labute approximate surface area is 138 Å². The van der Waals surface area contributed by atoms with Gasteiger partial charge in [-0.3, -0.25) is 4.79 Å². The number of rotatable bonds is 3. The number of fused-ring (bicyclic) bond motifs is 1. The zero-order valence-corrected chi connectivity index (χ0v) is 14.5. The van der Waals surface area contributed by atoms with Crippen LogP contribution < -0.4 is 15.5 Å². The molecule has 2 N–H and O–H groups in total. The molecular formula is C15H20BrN3OS. The lowest BCUT2D eigenvalue weighted by Gasteiger charge is -2.24. The van der Waals surface area contributed by atoms with Crippen molar-refractivity contribution < 1.29 is 4.79 Å². The molecule has 0 aliphatic carbocycles.